The third-order valence-corrected chi connectivity index (χ3v) is 3.91. The maximum absolute atomic E-state index is 12.8. The van der Waals surface area contributed by atoms with Crippen molar-refractivity contribution in [3.05, 3.63) is 35.5 Å². The van der Waals surface area contributed by atoms with E-state index in [1.807, 2.05) is 0 Å². The van der Waals surface area contributed by atoms with Crippen LogP contribution in [0.4, 0.5) is 5.82 Å². The van der Waals surface area contributed by atoms with Crippen molar-refractivity contribution in [2.24, 2.45) is 0 Å². The monoisotopic (exact) mass is 318 g/mol. The van der Waals surface area contributed by atoms with Crippen molar-refractivity contribution >= 4 is 11.7 Å². The van der Waals surface area contributed by atoms with Gasteiger partial charge in [-0.2, -0.15) is 0 Å². The molecule has 0 aliphatic carbocycles. The van der Waals surface area contributed by atoms with Gasteiger partial charge in [-0.3, -0.25) is 9.69 Å². The van der Waals surface area contributed by atoms with Gasteiger partial charge in [0.25, 0.3) is 5.91 Å². The zero-order valence-corrected chi connectivity index (χ0v) is 14.1. The average Bonchev–Trinajstić information content (AvgIpc) is 2.73. The maximum atomic E-state index is 12.8. The number of nitrogens with one attached hydrogen (secondary N) is 1. The Kier molecular flexibility index (Phi) is 6.12. The van der Waals surface area contributed by atoms with Crippen LogP contribution in [-0.2, 0) is 0 Å². The molecule has 23 heavy (non-hydrogen) atoms. The number of nitrogens with zero attached hydrogens (tertiary/aromatic N) is 3. The predicted octanol–water partition coefficient (Wildman–Crippen LogP) is 1.21. The molecule has 0 radical (unpaired) electrons. The summed E-state index contributed by atoms with van der Waals surface area (Å²) >= 11 is 0. The van der Waals surface area contributed by atoms with Crippen LogP contribution in [0.3, 0.4) is 0 Å². The lowest BCUT2D eigenvalue weighted by molar-refractivity contribution is 0.0666. The fraction of sp³-hybridized carbons (Fsp3) is 0.529. The van der Waals surface area contributed by atoms with E-state index in [-0.39, 0.29) is 5.91 Å². The second kappa shape index (κ2) is 8.08. The SMILES string of the molecule is CNc1ncccc1C(=O)N1CCN(CC=C(C)C)CC(O)C1. The molecule has 0 spiro atoms. The fourth-order valence-corrected chi connectivity index (χ4v) is 2.66. The van der Waals surface area contributed by atoms with Crippen LogP contribution < -0.4 is 5.32 Å². The molecule has 2 rings (SSSR count). The molecule has 1 fully saturated rings. The minimum Gasteiger partial charge on any atom is -0.390 e. The Labute approximate surface area is 137 Å². The van der Waals surface area contributed by atoms with Gasteiger partial charge >= 0.3 is 0 Å². The summed E-state index contributed by atoms with van der Waals surface area (Å²) in [5, 5.41) is 13.2. The smallest absolute Gasteiger partial charge is 0.257 e. The van der Waals surface area contributed by atoms with Gasteiger partial charge in [-0.15, -0.1) is 0 Å². The highest BCUT2D eigenvalue weighted by atomic mass is 16.3. The molecule has 1 amide bonds. The van der Waals surface area contributed by atoms with E-state index >= 15 is 0 Å². The largest absolute Gasteiger partial charge is 0.390 e. The number of aliphatic hydroxyl groups is 1. The van der Waals surface area contributed by atoms with Crippen LogP contribution in [0.25, 0.3) is 0 Å². The zero-order valence-electron chi connectivity index (χ0n) is 14.1. The molecule has 1 aliphatic heterocycles. The Hall–Kier alpha value is -1.92. The lowest BCUT2D eigenvalue weighted by Crippen LogP contribution is -2.38. The Morgan fingerprint density at radius 1 is 1.43 bits per heavy atom. The number of allylic oxidation sites excluding steroid dienone is 1. The molecular weight excluding hydrogens is 292 g/mol. The summed E-state index contributed by atoms with van der Waals surface area (Å²) < 4.78 is 0. The number of anilines is 1. The summed E-state index contributed by atoms with van der Waals surface area (Å²) in [5.74, 6) is 0.475. The number of rotatable bonds is 4. The van der Waals surface area contributed by atoms with E-state index in [1.165, 1.54) is 5.57 Å². The summed E-state index contributed by atoms with van der Waals surface area (Å²) in [6.45, 7) is 7.21. The van der Waals surface area contributed by atoms with Crippen LogP contribution >= 0.6 is 0 Å². The van der Waals surface area contributed by atoms with Crippen LogP contribution in [0.5, 0.6) is 0 Å². The van der Waals surface area contributed by atoms with E-state index in [4.69, 9.17) is 0 Å². The summed E-state index contributed by atoms with van der Waals surface area (Å²) in [7, 11) is 1.75. The Morgan fingerprint density at radius 2 is 2.22 bits per heavy atom. The molecule has 1 aromatic heterocycles. The highest BCUT2D eigenvalue weighted by Gasteiger charge is 2.26. The standard InChI is InChI=1S/C17H26N4O2/c1-13(2)6-8-20-9-10-21(12-14(22)11-20)17(23)15-5-4-7-19-16(15)18-3/h4-7,14,22H,8-12H2,1-3H3,(H,18,19). The summed E-state index contributed by atoms with van der Waals surface area (Å²) in [4.78, 5) is 20.8. The van der Waals surface area contributed by atoms with Gasteiger partial charge in [0.15, 0.2) is 0 Å². The van der Waals surface area contributed by atoms with Gasteiger partial charge in [0.2, 0.25) is 0 Å². The zero-order chi connectivity index (χ0) is 16.8. The Bertz CT molecular complexity index is 569. The molecule has 126 valence electrons. The fourth-order valence-electron chi connectivity index (χ4n) is 2.66. The van der Waals surface area contributed by atoms with Gasteiger partial charge < -0.3 is 15.3 Å². The van der Waals surface area contributed by atoms with Gasteiger partial charge in [0.05, 0.1) is 11.7 Å². The third kappa shape index (κ3) is 4.77. The molecular formula is C17H26N4O2. The number of amides is 1. The van der Waals surface area contributed by atoms with E-state index in [0.717, 1.165) is 13.1 Å². The number of hydrogen-bond donors (Lipinski definition) is 2. The van der Waals surface area contributed by atoms with Gasteiger partial charge in [-0.1, -0.05) is 11.6 Å². The second-order valence-electron chi connectivity index (χ2n) is 6.10. The molecule has 0 aromatic carbocycles. The minimum absolute atomic E-state index is 0.0921. The number of β-amino-alcohol motifs (C(OH)–C–C–N with tert-alkyl or cyclic N) is 1. The van der Waals surface area contributed by atoms with Gasteiger partial charge in [0.1, 0.15) is 5.82 Å². The molecule has 2 N–H and O–H groups in total. The Morgan fingerprint density at radius 3 is 2.91 bits per heavy atom. The maximum Gasteiger partial charge on any atom is 0.257 e. The van der Waals surface area contributed by atoms with Crippen LogP contribution in [-0.4, -0.2) is 71.7 Å². The summed E-state index contributed by atoms with van der Waals surface area (Å²) in [5.41, 5.74) is 1.80. The van der Waals surface area contributed by atoms with Crippen LogP contribution in [0.1, 0.15) is 24.2 Å². The van der Waals surface area contributed by atoms with E-state index in [1.54, 1.807) is 30.3 Å². The molecule has 1 unspecified atom stereocenters. The lowest BCUT2D eigenvalue weighted by atomic mass is 10.2. The van der Waals surface area contributed by atoms with Crippen molar-refractivity contribution in [1.82, 2.24) is 14.8 Å². The first-order valence-electron chi connectivity index (χ1n) is 7.97. The normalized spacial score (nSPS) is 19.1. The highest BCUT2D eigenvalue weighted by Crippen LogP contribution is 2.15. The molecule has 1 atom stereocenters. The summed E-state index contributed by atoms with van der Waals surface area (Å²) in [6, 6.07) is 3.52. The molecule has 1 aliphatic rings. The van der Waals surface area contributed by atoms with E-state index in [9.17, 15) is 9.90 Å². The van der Waals surface area contributed by atoms with E-state index in [0.29, 0.717) is 31.0 Å². The number of carbonyl (C=O) groups excluding carboxylic acids is 1. The average molecular weight is 318 g/mol. The topological polar surface area (TPSA) is 68.7 Å². The van der Waals surface area contributed by atoms with Gasteiger partial charge in [-0.05, 0) is 26.0 Å². The molecule has 0 saturated carbocycles. The van der Waals surface area contributed by atoms with Gasteiger partial charge in [0, 0.05) is 46.0 Å². The number of aromatic nitrogens is 1. The molecule has 6 nitrogen and oxygen atoms in total. The number of pyridine rings is 1. The van der Waals surface area contributed by atoms with Crippen molar-refractivity contribution in [2.45, 2.75) is 20.0 Å². The van der Waals surface area contributed by atoms with Crippen molar-refractivity contribution < 1.29 is 9.90 Å². The second-order valence-corrected chi connectivity index (χ2v) is 6.10. The molecule has 2 heterocycles. The third-order valence-electron chi connectivity index (χ3n) is 3.91. The van der Waals surface area contributed by atoms with Crippen LogP contribution in [0.15, 0.2) is 30.0 Å². The van der Waals surface area contributed by atoms with Gasteiger partial charge in [-0.25, -0.2) is 4.98 Å². The molecule has 6 heteroatoms. The predicted molar refractivity (Wildman–Crippen MR) is 91.6 cm³/mol. The first-order valence-corrected chi connectivity index (χ1v) is 7.97. The lowest BCUT2D eigenvalue weighted by Gasteiger charge is -2.22. The minimum atomic E-state index is -0.540. The molecule has 1 saturated heterocycles. The van der Waals surface area contributed by atoms with Crippen molar-refractivity contribution in [3.8, 4) is 0 Å². The van der Waals surface area contributed by atoms with Crippen LogP contribution in [0, 0.1) is 0 Å². The van der Waals surface area contributed by atoms with Crippen molar-refractivity contribution in [2.75, 3.05) is 45.1 Å². The van der Waals surface area contributed by atoms with Crippen molar-refractivity contribution in [3.63, 3.8) is 0 Å². The Balaban J connectivity index is 2.08. The first-order chi connectivity index (χ1) is 11.0. The number of aliphatic hydroxyl groups excluding tert-OH is 1. The first kappa shape index (κ1) is 17.4. The van der Waals surface area contributed by atoms with E-state index < -0.39 is 6.10 Å². The quantitative estimate of drug-likeness (QED) is 0.817. The number of carbonyl (C=O) groups is 1. The molecule has 0 bridgehead atoms. The number of hydrogen-bond acceptors (Lipinski definition) is 5. The summed E-state index contributed by atoms with van der Waals surface area (Å²) in [6.07, 6.45) is 3.26. The molecule has 1 aromatic rings. The highest BCUT2D eigenvalue weighted by molar-refractivity contribution is 5.98. The van der Waals surface area contributed by atoms with Crippen LogP contribution in [0.2, 0.25) is 0 Å². The van der Waals surface area contributed by atoms with E-state index in [2.05, 4.69) is 35.1 Å². The van der Waals surface area contributed by atoms with Crippen molar-refractivity contribution in [1.29, 1.82) is 0 Å².